The van der Waals surface area contributed by atoms with Crippen molar-refractivity contribution in [1.29, 1.82) is 0 Å². The van der Waals surface area contributed by atoms with Crippen molar-refractivity contribution in [2.45, 2.75) is 38.7 Å². The smallest absolute Gasteiger partial charge is 0.264 e. The average Bonchev–Trinajstić information content (AvgIpc) is 3.36. The fourth-order valence-electron chi connectivity index (χ4n) is 4.12. The van der Waals surface area contributed by atoms with Gasteiger partial charge >= 0.3 is 0 Å². The van der Waals surface area contributed by atoms with Gasteiger partial charge in [0.05, 0.1) is 19.2 Å². The third kappa shape index (κ3) is 6.21. The number of carbonyl (C=O) groups is 1. The molecule has 35 heavy (non-hydrogen) atoms. The molecular weight excluding hydrogens is 461 g/mol. The van der Waals surface area contributed by atoms with Crippen LogP contribution in [0.3, 0.4) is 0 Å². The number of rotatable bonds is 8. The van der Waals surface area contributed by atoms with Gasteiger partial charge in [0.2, 0.25) is 5.91 Å². The molecule has 2 heterocycles. The largest absolute Gasteiger partial charge is 0.404 e. The van der Waals surface area contributed by atoms with Gasteiger partial charge in [-0.05, 0) is 24.1 Å². The first-order valence-electron chi connectivity index (χ1n) is 11.4. The molecule has 0 spiro atoms. The van der Waals surface area contributed by atoms with Crippen molar-refractivity contribution in [3.05, 3.63) is 46.5 Å². The van der Waals surface area contributed by atoms with Gasteiger partial charge in [-0.15, -0.1) is 0 Å². The summed E-state index contributed by atoms with van der Waals surface area (Å²) in [6.45, 7) is 3.64. The third-order valence-corrected chi connectivity index (χ3v) is 5.97. The van der Waals surface area contributed by atoms with Crippen LogP contribution in [0.25, 0.3) is 5.57 Å². The number of amides is 1. The van der Waals surface area contributed by atoms with E-state index in [9.17, 15) is 13.6 Å². The van der Waals surface area contributed by atoms with Crippen LogP contribution in [0.15, 0.2) is 39.6 Å². The zero-order valence-corrected chi connectivity index (χ0v) is 19.9. The second kappa shape index (κ2) is 11.9. The highest BCUT2D eigenvalue weighted by atomic mass is 19.3. The molecular formula is C24H31F3N6O2. The number of alkyl halides is 2. The Morgan fingerprint density at radius 2 is 2.17 bits per heavy atom. The van der Waals surface area contributed by atoms with Crippen molar-refractivity contribution in [2.75, 3.05) is 33.4 Å². The Morgan fingerprint density at radius 1 is 1.40 bits per heavy atom. The summed E-state index contributed by atoms with van der Waals surface area (Å²) in [4.78, 5) is 21.9. The molecule has 8 nitrogen and oxygen atoms in total. The lowest BCUT2D eigenvalue weighted by molar-refractivity contribution is -0.130. The summed E-state index contributed by atoms with van der Waals surface area (Å²) in [7, 11) is 1.45. The van der Waals surface area contributed by atoms with Gasteiger partial charge in [-0.3, -0.25) is 9.79 Å². The molecule has 1 amide bonds. The number of allylic oxidation sites excluding steroid dienone is 1. The molecule has 0 aromatic heterocycles. The molecule has 1 aromatic rings. The summed E-state index contributed by atoms with van der Waals surface area (Å²) >= 11 is 0. The first-order chi connectivity index (χ1) is 16.8. The summed E-state index contributed by atoms with van der Waals surface area (Å²) in [5.41, 5.74) is 12.4. The number of amidine groups is 1. The van der Waals surface area contributed by atoms with Crippen molar-refractivity contribution >= 4 is 29.2 Å². The predicted octanol–water partition coefficient (Wildman–Crippen LogP) is 3.03. The van der Waals surface area contributed by atoms with Gasteiger partial charge in [-0.2, -0.15) is 0 Å². The van der Waals surface area contributed by atoms with Gasteiger partial charge in [0.1, 0.15) is 17.3 Å². The summed E-state index contributed by atoms with van der Waals surface area (Å²) in [5.74, 6) is -0.933. The van der Waals surface area contributed by atoms with Crippen molar-refractivity contribution in [3.63, 3.8) is 0 Å². The molecule has 1 saturated heterocycles. The monoisotopic (exact) mass is 492 g/mol. The minimum absolute atomic E-state index is 0.0448. The number of aliphatic imine (C=N–C) groups is 2. The summed E-state index contributed by atoms with van der Waals surface area (Å²) < 4.78 is 48.1. The average molecular weight is 493 g/mol. The zero-order chi connectivity index (χ0) is 25.5. The van der Waals surface area contributed by atoms with Crippen LogP contribution in [0.1, 0.15) is 43.7 Å². The van der Waals surface area contributed by atoms with Crippen LogP contribution in [0.2, 0.25) is 0 Å². The fraction of sp³-hybridized carbons (Fsp3) is 0.458. The molecule has 0 bridgehead atoms. The number of halogens is 3. The lowest BCUT2D eigenvalue weighted by Crippen LogP contribution is -2.43. The Bertz CT molecular complexity index is 1060. The highest BCUT2D eigenvalue weighted by molar-refractivity contribution is 6.10. The standard InChI is InChI=1S/C24H31F3N6O2/c1-3-22(34)33-6-4-20(31-15-5-7-35-13-15)18(12-33)24(29)32-21-9-17(23(26)27)16(8-19(21)25)14(10-28)11-30-2/h8-11,15,23,31H,3-7,12-13,28H2,1-2H3,(H2,29,32)/t15-/m0/s1. The molecule has 190 valence electrons. The van der Waals surface area contributed by atoms with E-state index in [1.165, 1.54) is 13.3 Å². The molecule has 2 aliphatic heterocycles. The number of nitrogens with zero attached hydrogens (tertiary/aromatic N) is 3. The lowest BCUT2D eigenvalue weighted by atomic mass is 9.99. The van der Waals surface area contributed by atoms with Crippen molar-refractivity contribution in [2.24, 2.45) is 21.5 Å². The highest BCUT2D eigenvalue weighted by Crippen LogP contribution is 2.33. The minimum Gasteiger partial charge on any atom is -0.404 e. The van der Waals surface area contributed by atoms with E-state index < -0.39 is 17.8 Å². The predicted molar refractivity (Wildman–Crippen MR) is 130 cm³/mol. The maximum Gasteiger partial charge on any atom is 0.264 e. The van der Waals surface area contributed by atoms with Gasteiger partial charge in [-0.1, -0.05) is 6.92 Å². The molecule has 0 unspecified atom stereocenters. The topological polar surface area (TPSA) is 118 Å². The minimum atomic E-state index is -2.91. The Balaban J connectivity index is 2.03. The van der Waals surface area contributed by atoms with Gasteiger partial charge in [-0.25, -0.2) is 18.2 Å². The second-order valence-electron chi connectivity index (χ2n) is 8.28. The number of nitrogens with two attached hydrogens (primary N) is 2. The van der Waals surface area contributed by atoms with Crippen molar-refractivity contribution in [3.8, 4) is 0 Å². The Kier molecular flexibility index (Phi) is 8.91. The first-order valence-corrected chi connectivity index (χ1v) is 11.4. The summed E-state index contributed by atoms with van der Waals surface area (Å²) in [5, 5.41) is 3.41. The molecule has 1 atom stereocenters. The molecule has 0 radical (unpaired) electrons. The molecule has 11 heteroatoms. The Morgan fingerprint density at radius 3 is 2.77 bits per heavy atom. The maximum atomic E-state index is 15.0. The third-order valence-electron chi connectivity index (χ3n) is 5.97. The number of hydrogen-bond donors (Lipinski definition) is 3. The Labute approximate surface area is 202 Å². The van der Waals surface area contributed by atoms with Gasteiger partial charge in [0.25, 0.3) is 6.43 Å². The van der Waals surface area contributed by atoms with Crippen LogP contribution in [0.4, 0.5) is 18.9 Å². The fourth-order valence-corrected chi connectivity index (χ4v) is 4.12. The van der Waals surface area contributed by atoms with E-state index in [0.29, 0.717) is 38.2 Å². The van der Waals surface area contributed by atoms with E-state index in [0.717, 1.165) is 30.5 Å². The van der Waals surface area contributed by atoms with E-state index in [1.807, 2.05) is 0 Å². The molecule has 0 saturated carbocycles. The number of carbonyl (C=O) groups excluding carboxylic acids is 1. The quantitative estimate of drug-likeness (QED) is 0.381. The van der Waals surface area contributed by atoms with Crippen molar-refractivity contribution < 1.29 is 22.7 Å². The van der Waals surface area contributed by atoms with Gasteiger partial charge in [0.15, 0.2) is 0 Å². The van der Waals surface area contributed by atoms with Crippen LogP contribution in [-0.4, -0.2) is 62.3 Å². The molecule has 5 N–H and O–H groups in total. The normalized spacial score (nSPS) is 19.8. The summed E-state index contributed by atoms with van der Waals surface area (Å²) in [6.07, 6.45) is 1.11. The number of hydrogen-bond acceptors (Lipinski definition) is 6. The van der Waals surface area contributed by atoms with E-state index >= 15 is 4.39 Å². The van der Waals surface area contributed by atoms with Gasteiger partial charge < -0.3 is 26.4 Å². The van der Waals surface area contributed by atoms with Crippen LogP contribution < -0.4 is 16.8 Å². The molecule has 1 fully saturated rings. The van der Waals surface area contributed by atoms with E-state index in [1.54, 1.807) is 11.8 Å². The highest BCUT2D eigenvalue weighted by Gasteiger charge is 2.27. The van der Waals surface area contributed by atoms with Crippen LogP contribution in [0.5, 0.6) is 0 Å². The number of benzene rings is 1. The zero-order valence-electron chi connectivity index (χ0n) is 19.9. The lowest BCUT2D eigenvalue weighted by Gasteiger charge is -2.32. The van der Waals surface area contributed by atoms with E-state index in [2.05, 4.69) is 15.3 Å². The maximum absolute atomic E-state index is 15.0. The molecule has 0 aliphatic carbocycles. The van der Waals surface area contributed by atoms with Gasteiger partial charge in [0, 0.05) is 67.9 Å². The van der Waals surface area contributed by atoms with Crippen molar-refractivity contribution in [1.82, 2.24) is 10.2 Å². The van der Waals surface area contributed by atoms with E-state index in [-0.39, 0.29) is 41.2 Å². The number of nitrogens with one attached hydrogen (secondary N) is 1. The van der Waals surface area contributed by atoms with Crippen LogP contribution >= 0.6 is 0 Å². The summed E-state index contributed by atoms with van der Waals surface area (Å²) in [6, 6.07) is 2.00. The molecule has 3 rings (SSSR count). The Hall–Kier alpha value is -3.34. The molecule has 2 aliphatic rings. The van der Waals surface area contributed by atoms with Crippen LogP contribution in [0, 0.1) is 5.82 Å². The first kappa shape index (κ1) is 26.3. The second-order valence-corrected chi connectivity index (χ2v) is 8.28. The number of ether oxygens (including phenoxy) is 1. The van der Waals surface area contributed by atoms with Crippen LogP contribution in [-0.2, 0) is 9.53 Å². The SMILES string of the molecule is CCC(=O)N1CCC(N[C@H]2CCOC2)=C(C(N)=Nc2cc(C(F)F)c(C(C=NC)=CN)cc2F)C1. The van der Waals surface area contributed by atoms with E-state index in [4.69, 9.17) is 16.2 Å². The molecule has 1 aromatic carbocycles.